The Bertz CT molecular complexity index is 854. The Labute approximate surface area is 179 Å². The smallest absolute Gasteiger partial charge is 0.240 e. The molecule has 2 rings (SSSR count). The standard InChI is InChI=1S/C19H23IN2O3S2/c1-15-4-10-18(11-5-15)26-13-3-12-21-19(23)14-22(27(2,24)25)17-8-6-16(20)7-9-17/h4-11H,3,12-14H2,1-2H3,(H,21,23). The van der Waals surface area contributed by atoms with Crippen molar-refractivity contribution in [2.45, 2.75) is 18.2 Å². The van der Waals surface area contributed by atoms with E-state index in [1.165, 1.54) is 10.5 Å². The van der Waals surface area contributed by atoms with Crippen LogP contribution in [0.4, 0.5) is 5.69 Å². The van der Waals surface area contributed by atoms with Gasteiger partial charge in [-0.1, -0.05) is 17.7 Å². The molecule has 0 unspecified atom stereocenters. The Balaban J connectivity index is 1.80. The highest BCUT2D eigenvalue weighted by Gasteiger charge is 2.20. The van der Waals surface area contributed by atoms with Gasteiger partial charge in [0.2, 0.25) is 15.9 Å². The van der Waals surface area contributed by atoms with Crippen LogP contribution in [0, 0.1) is 10.5 Å². The number of thioether (sulfide) groups is 1. The molecule has 0 radical (unpaired) electrons. The fourth-order valence-corrected chi connectivity index (χ4v) is 4.39. The average molecular weight is 518 g/mol. The normalized spacial score (nSPS) is 11.2. The van der Waals surface area contributed by atoms with Gasteiger partial charge in [-0.05, 0) is 78.1 Å². The van der Waals surface area contributed by atoms with Gasteiger partial charge in [0.25, 0.3) is 0 Å². The molecular weight excluding hydrogens is 495 g/mol. The Morgan fingerprint density at radius 2 is 1.74 bits per heavy atom. The Morgan fingerprint density at radius 3 is 2.33 bits per heavy atom. The second-order valence-electron chi connectivity index (χ2n) is 6.11. The number of aryl methyl sites for hydroxylation is 1. The molecule has 0 aliphatic heterocycles. The summed E-state index contributed by atoms with van der Waals surface area (Å²) in [6.45, 7) is 2.35. The molecule has 2 aromatic carbocycles. The van der Waals surface area contributed by atoms with Gasteiger partial charge in [0.15, 0.2) is 0 Å². The summed E-state index contributed by atoms with van der Waals surface area (Å²) in [5.74, 6) is 0.579. The fraction of sp³-hybridized carbons (Fsp3) is 0.316. The number of hydrogen-bond donors (Lipinski definition) is 1. The van der Waals surface area contributed by atoms with Gasteiger partial charge >= 0.3 is 0 Å². The number of sulfonamides is 1. The SMILES string of the molecule is Cc1ccc(SCCCNC(=O)CN(c2ccc(I)cc2)S(C)(=O)=O)cc1. The third-order valence-electron chi connectivity index (χ3n) is 3.74. The van der Waals surface area contributed by atoms with Gasteiger partial charge in [-0.3, -0.25) is 9.10 Å². The average Bonchev–Trinajstić information content (AvgIpc) is 2.61. The first-order valence-electron chi connectivity index (χ1n) is 8.45. The van der Waals surface area contributed by atoms with Crippen LogP contribution in [-0.4, -0.2) is 39.4 Å². The maximum absolute atomic E-state index is 12.2. The predicted molar refractivity (Wildman–Crippen MR) is 121 cm³/mol. The van der Waals surface area contributed by atoms with E-state index >= 15 is 0 Å². The maximum Gasteiger partial charge on any atom is 0.240 e. The van der Waals surface area contributed by atoms with Crippen LogP contribution in [0.15, 0.2) is 53.4 Å². The fourth-order valence-electron chi connectivity index (χ4n) is 2.32. The molecule has 0 spiro atoms. The van der Waals surface area contributed by atoms with Gasteiger partial charge in [-0.25, -0.2) is 8.42 Å². The van der Waals surface area contributed by atoms with Crippen molar-refractivity contribution in [2.75, 3.05) is 29.4 Å². The number of carbonyl (C=O) groups is 1. The first kappa shape index (κ1) is 22.0. The van der Waals surface area contributed by atoms with Gasteiger partial charge in [0.05, 0.1) is 11.9 Å². The first-order chi connectivity index (χ1) is 12.8. The summed E-state index contributed by atoms with van der Waals surface area (Å²) in [7, 11) is -3.53. The summed E-state index contributed by atoms with van der Waals surface area (Å²) in [6, 6.07) is 15.4. The van der Waals surface area contributed by atoms with Crippen molar-refractivity contribution in [3.05, 3.63) is 57.7 Å². The van der Waals surface area contributed by atoms with Crippen LogP contribution in [0.5, 0.6) is 0 Å². The second-order valence-corrected chi connectivity index (χ2v) is 10.4. The number of anilines is 1. The van der Waals surface area contributed by atoms with Crippen molar-refractivity contribution in [1.82, 2.24) is 5.32 Å². The van der Waals surface area contributed by atoms with E-state index in [2.05, 4.69) is 59.1 Å². The highest BCUT2D eigenvalue weighted by molar-refractivity contribution is 14.1. The van der Waals surface area contributed by atoms with E-state index in [-0.39, 0.29) is 12.5 Å². The van der Waals surface area contributed by atoms with E-state index in [9.17, 15) is 13.2 Å². The summed E-state index contributed by atoms with van der Waals surface area (Å²) in [4.78, 5) is 13.4. The van der Waals surface area contributed by atoms with Crippen LogP contribution < -0.4 is 9.62 Å². The minimum Gasteiger partial charge on any atom is -0.354 e. The van der Waals surface area contributed by atoms with E-state index in [0.717, 1.165) is 26.3 Å². The molecule has 0 saturated heterocycles. The monoisotopic (exact) mass is 518 g/mol. The summed E-state index contributed by atoms with van der Waals surface area (Å²) in [6.07, 6.45) is 1.92. The zero-order valence-electron chi connectivity index (χ0n) is 15.3. The summed E-state index contributed by atoms with van der Waals surface area (Å²) < 4.78 is 26.2. The number of carbonyl (C=O) groups excluding carboxylic acids is 1. The molecule has 0 aliphatic rings. The predicted octanol–water partition coefficient (Wildman–Crippen LogP) is 3.66. The molecule has 2 aromatic rings. The van der Waals surface area contributed by atoms with Gasteiger partial charge < -0.3 is 5.32 Å². The molecular formula is C19H23IN2O3S2. The van der Waals surface area contributed by atoms with Crippen LogP contribution in [0.1, 0.15) is 12.0 Å². The number of hydrogen-bond acceptors (Lipinski definition) is 4. The minimum atomic E-state index is -3.53. The number of amides is 1. The van der Waals surface area contributed by atoms with E-state index in [1.54, 1.807) is 23.9 Å². The van der Waals surface area contributed by atoms with Crippen LogP contribution in [-0.2, 0) is 14.8 Å². The van der Waals surface area contributed by atoms with E-state index in [4.69, 9.17) is 0 Å². The lowest BCUT2D eigenvalue weighted by Crippen LogP contribution is -2.40. The highest BCUT2D eigenvalue weighted by Crippen LogP contribution is 2.20. The third-order valence-corrected chi connectivity index (χ3v) is 6.69. The van der Waals surface area contributed by atoms with Crippen LogP contribution in [0.2, 0.25) is 0 Å². The van der Waals surface area contributed by atoms with Gasteiger partial charge in [-0.15, -0.1) is 11.8 Å². The number of halogens is 1. The van der Waals surface area contributed by atoms with Gasteiger partial charge in [-0.2, -0.15) is 0 Å². The van der Waals surface area contributed by atoms with Crippen molar-refractivity contribution in [3.63, 3.8) is 0 Å². The van der Waals surface area contributed by atoms with Crippen LogP contribution >= 0.6 is 34.4 Å². The molecule has 0 heterocycles. The van der Waals surface area contributed by atoms with E-state index in [0.29, 0.717) is 12.2 Å². The Morgan fingerprint density at radius 1 is 1.11 bits per heavy atom. The maximum atomic E-state index is 12.2. The number of nitrogens with one attached hydrogen (secondary N) is 1. The number of rotatable bonds is 9. The molecule has 0 saturated carbocycles. The summed E-state index contributed by atoms with van der Waals surface area (Å²) >= 11 is 3.89. The van der Waals surface area contributed by atoms with Gasteiger partial charge in [0.1, 0.15) is 6.54 Å². The molecule has 1 N–H and O–H groups in total. The molecule has 0 aliphatic carbocycles. The number of nitrogens with zero attached hydrogens (tertiary/aromatic N) is 1. The van der Waals surface area contributed by atoms with Crippen molar-refractivity contribution in [3.8, 4) is 0 Å². The lowest BCUT2D eigenvalue weighted by Gasteiger charge is -2.22. The van der Waals surface area contributed by atoms with Crippen molar-refractivity contribution >= 4 is 56.0 Å². The summed E-state index contributed by atoms with van der Waals surface area (Å²) in [5, 5.41) is 2.80. The topological polar surface area (TPSA) is 66.5 Å². The van der Waals surface area contributed by atoms with E-state index < -0.39 is 10.0 Å². The first-order valence-corrected chi connectivity index (χ1v) is 12.4. The Hall–Kier alpha value is -1.26. The van der Waals surface area contributed by atoms with Crippen LogP contribution in [0.25, 0.3) is 0 Å². The summed E-state index contributed by atoms with van der Waals surface area (Å²) in [5.41, 5.74) is 1.72. The number of benzene rings is 2. The van der Waals surface area contributed by atoms with Crippen molar-refractivity contribution in [2.24, 2.45) is 0 Å². The van der Waals surface area contributed by atoms with Crippen LogP contribution in [0.3, 0.4) is 0 Å². The van der Waals surface area contributed by atoms with Crippen molar-refractivity contribution < 1.29 is 13.2 Å². The molecule has 0 aromatic heterocycles. The lowest BCUT2D eigenvalue weighted by atomic mass is 10.2. The molecule has 1 amide bonds. The van der Waals surface area contributed by atoms with E-state index in [1.807, 2.05) is 12.1 Å². The molecule has 5 nitrogen and oxygen atoms in total. The van der Waals surface area contributed by atoms with Crippen molar-refractivity contribution in [1.29, 1.82) is 0 Å². The molecule has 27 heavy (non-hydrogen) atoms. The quantitative estimate of drug-likeness (QED) is 0.313. The Kier molecular flexibility index (Phi) is 8.43. The largest absolute Gasteiger partial charge is 0.354 e. The lowest BCUT2D eigenvalue weighted by molar-refractivity contribution is -0.119. The zero-order chi connectivity index (χ0) is 19.9. The molecule has 8 heteroatoms. The minimum absolute atomic E-state index is 0.218. The third kappa shape index (κ3) is 7.71. The zero-order valence-corrected chi connectivity index (χ0v) is 19.1. The highest BCUT2D eigenvalue weighted by atomic mass is 127. The van der Waals surface area contributed by atoms with Gasteiger partial charge in [0, 0.05) is 15.0 Å². The molecule has 146 valence electrons. The molecule has 0 bridgehead atoms. The molecule has 0 atom stereocenters. The molecule has 0 fully saturated rings. The second kappa shape index (κ2) is 10.3.